The molecule has 1 N–H and O–H groups in total. The molecule has 1 fully saturated rings. The smallest absolute Gasteiger partial charge is 0.494 e. The number of carbonyl (C=O) groups excluding carboxylic acids is 2. The first-order valence-electron chi connectivity index (χ1n) is 14.0. The van der Waals surface area contributed by atoms with Crippen molar-refractivity contribution in [1.29, 1.82) is 0 Å². The number of fused-ring (bicyclic) bond motifs is 1. The van der Waals surface area contributed by atoms with Gasteiger partial charge in [-0.1, -0.05) is 24.3 Å². The minimum Gasteiger partial charge on any atom is -0.494 e. The van der Waals surface area contributed by atoms with Crippen LogP contribution in [0.3, 0.4) is 0 Å². The van der Waals surface area contributed by atoms with E-state index in [2.05, 4.69) is 4.98 Å². The molecule has 1 atom stereocenters. The normalized spacial score (nSPS) is 17.5. The summed E-state index contributed by atoms with van der Waals surface area (Å²) in [5.74, 6) is 1.60. The average Bonchev–Trinajstić information content (AvgIpc) is 3.32. The predicted octanol–water partition coefficient (Wildman–Crippen LogP) is 3.52. The van der Waals surface area contributed by atoms with Gasteiger partial charge in [0.15, 0.2) is 0 Å². The third-order valence-electron chi connectivity index (χ3n) is 7.07. The molecule has 1 saturated heterocycles. The van der Waals surface area contributed by atoms with Crippen LogP contribution < -0.4 is 19.7 Å². The fourth-order valence-corrected chi connectivity index (χ4v) is 4.88. The SMILES string of the molecule is Cc1nc(OCCC(C)(C)O)ccc1Oc1cccc2c1CCC2Oc1ccc(B2OC(=O)CN(C)CC(=O)O2)cc1. The van der Waals surface area contributed by atoms with E-state index in [1.165, 1.54) is 0 Å². The molecule has 0 amide bonds. The van der Waals surface area contributed by atoms with E-state index in [4.69, 9.17) is 23.5 Å². The maximum Gasteiger partial charge on any atom is 0.636 e. The van der Waals surface area contributed by atoms with Crippen LogP contribution in [0.2, 0.25) is 0 Å². The maximum atomic E-state index is 12.1. The lowest BCUT2D eigenvalue weighted by molar-refractivity contribution is -0.145. The van der Waals surface area contributed by atoms with Gasteiger partial charge >= 0.3 is 19.1 Å². The van der Waals surface area contributed by atoms with Crippen molar-refractivity contribution in [3.63, 3.8) is 0 Å². The van der Waals surface area contributed by atoms with Gasteiger partial charge < -0.3 is 28.6 Å². The second-order valence-corrected chi connectivity index (χ2v) is 11.3. The lowest BCUT2D eigenvalue weighted by Crippen LogP contribution is -2.47. The third kappa shape index (κ3) is 7.40. The van der Waals surface area contributed by atoms with Gasteiger partial charge in [0.05, 0.1) is 31.0 Å². The Morgan fingerprint density at radius 2 is 1.74 bits per heavy atom. The number of aliphatic hydroxyl groups is 1. The number of aryl methyl sites for hydroxylation is 1. The summed E-state index contributed by atoms with van der Waals surface area (Å²) < 4.78 is 29.0. The van der Waals surface area contributed by atoms with Gasteiger partial charge in [-0.3, -0.25) is 14.5 Å². The van der Waals surface area contributed by atoms with Crippen LogP contribution >= 0.6 is 0 Å². The van der Waals surface area contributed by atoms with E-state index >= 15 is 0 Å². The summed E-state index contributed by atoms with van der Waals surface area (Å²) in [6.45, 7) is 5.75. The van der Waals surface area contributed by atoms with Crippen molar-refractivity contribution in [2.45, 2.75) is 51.7 Å². The number of pyridine rings is 1. The molecule has 1 aliphatic heterocycles. The van der Waals surface area contributed by atoms with E-state index in [-0.39, 0.29) is 19.2 Å². The first kappa shape index (κ1) is 29.4. The molecule has 1 aromatic heterocycles. The van der Waals surface area contributed by atoms with Gasteiger partial charge in [-0.25, -0.2) is 4.98 Å². The number of hydrogen-bond acceptors (Lipinski definition) is 10. The number of hydrogen-bond donors (Lipinski definition) is 1. The Kier molecular flexibility index (Phi) is 8.70. The second kappa shape index (κ2) is 12.4. The molecule has 0 bridgehead atoms. The molecule has 2 aliphatic rings. The highest BCUT2D eigenvalue weighted by molar-refractivity contribution is 6.64. The fraction of sp³-hybridized carbons (Fsp3) is 0.387. The summed E-state index contributed by atoms with van der Waals surface area (Å²) in [6, 6.07) is 16.6. The molecule has 2 aromatic carbocycles. The minimum absolute atomic E-state index is 0.0133. The largest absolute Gasteiger partial charge is 0.636 e. The first-order chi connectivity index (χ1) is 20.0. The number of likely N-dealkylation sites (N-methyl/N-ethyl adjacent to an activating group) is 1. The summed E-state index contributed by atoms with van der Waals surface area (Å²) in [6.07, 6.45) is 1.92. The highest BCUT2D eigenvalue weighted by atomic mass is 16.6. The zero-order chi connectivity index (χ0) is 29.9. The molecule has 1 aliphatic carbocycles. The van der Waals surface area contributed by atoms with Crippen molar-refractivity contribution < 1.29 is 38.2 Å². The van der Waals surface area contributed by atoms with Gasteiger partial charge in [0.25, 0.3) is 0 Å². The number of ether oxygens (including phenoxy) is 3. The van der Waals surface area contributed by atoms with E-state index in [1.807, 2.05) is 31.2 Å². The first-order valence-corrected chi connectivity index (χ1v) is 14.0. The van der Waals surface area contributed by atoms with Crippen LogP contribution in [0, 0.1) is 6.92 Å². The quantitative estimate of drug-likeness (QED) is 0.381. The Morgan fingerprint density at radius 3 is 2.40 bits per heavy atom. The highest BCUT2D eigenvalue weighted by Gasteiger charge is 2.34. The Bertz CT molecular complexity index is 1420. The number of rotatable bonds is 9. The molecule has 11 heteroatoms. The molecule has 220 valence electrons. The molecule has 42 heavy (non-hydrogen) atoms. The van der Waals surface area contributed by atoms with E-state index < -0.39 is 24.7 Å². The highest BCUT2D eigenvalue weighted by Crippen LogP contribution is 2.41. The Labute approximate surface area is 245 Å². The van der Waals surface area contributed by atoms with E-state index in [0.29, 0.717) is 41.6 Å². The monoisotopic (exact) mass is 574 g/mol. The van der Waals surface area contributed by atoms with Crippen LogP contribution in [0.15, 0.2) is 54.6 Å². The predicted molar refractivity (Wildman–Crippen MR) is 155 cm³/mol. The van der Waals surface area contributed by atoms with Crippen LogP contribution in [0.5, 0.6) is 23.1 Å². The van der Waals surface area contributed by atoms with Gasteiger partial charge in [-0.05, 0) is 70.5 Å². The van der Waals surface area contributed by atoms with Crippen molar-refractivity contribution in [2.24, 2.45) is 0 Å². The molecular formula is C31H35BN2O8. The lowest BCUT2D eigenvalue weighted by Gasteiger charge is -2.22. The van der Waals surface area contributed by atoms with Crippen LogP contribution in [0.1, 0.15) is 49.6 Å². The van der Waals surface area contributed by atoms with E-state index in [1.54, 1.807) is 56.1 Å². The summed E-state index contributed by atoms with van der Waals surface area (Å²) >= 11 is 0. The standard InChI is InChI=1S/C31H35BN2O8/c1-20-25(14-15-28(33-20)38-17-16-31(2,3)37)40-26-7-5-6-23-24(26)12-13-27(23)39-22-10-8-21(9-11-22)32-41-29(35)18-34(4)19-30(36)42-32/h5-11,14-15,27,37H,12-13,16-19H2,1-4H3. The molecule has 10 nitrogen and oxygen atoms in total. The molecular weight excluding hydrogens is 539 g/mol. The Hall–Kier alpha value is -4.09. The van der Waals surface area contributed by atoms with Crippen molar-refractivity contribution in [3.05, 3.63) is 71.4 Å². The summed E-state index contributed by atoms with van der Waals surface area (Å²) in [5.41, 5.74) is 2.60. The van der Waals surface area contributed by atoms with Crippen molar-refractivity contribution in [3.8, 4) is 23.1 Å². The zero-order valence-electron chi connectivity index (χ0n) is 24.3. The third-order valence-corrected chi connectivity index (χ3v) is 7.07. The maximum absolute atomic E-state index is 12.1. The number of aromatic nitrogens is 1. The van der Waals surface area contributed by atoms with Gasteiger partial charge in [0.1, 0.15) is 23.4 Å². The fourth-order valence-electron chi connectivity index (χ4n) is 4.88. The van der Waals surface area contributed by atoms with Crippen molar-refractivity contribution in [1.82, 2.24) is 9.88 Å². The van der Waals surface area contributed by atoms with Crippen LogP contribution in [-0.4, -0.2) is 66.4 Å². The summed E-state index contributed by atoms with van der Waals surface area (Å²) in [4.78, 5) is 30.2. The summed E-state index contributed by atoms with van der Waals surface area (Å²) in [5, 5.41) is 9.88. The average molecular weight is 574 g/mol. The molecule has 0 saturated carbocycles. The summed E-state index contributed by atoms with van der Waals surface area (Å²) in [7, 11) is 0.560. The van der Waals surface area contributed by atoms with Crippen LogP contribution in [0.25, 0.3) is 0 Å². The molecule has 0 spiro atoms. The Balaban J connectivity index is 1.23. The molecule has 2 heterocycles. The number of benzene rings is 2. The minimum atomic E-state index is -1.09. The van der Waals surface area contributed by atoms with Gasteiger partial charge in [0, 0.05) is 23.5 Å². The van der Waals surface area contributed by atoms with Gasteiger partial charge in [-0.15, -0.1) is 0 Å². The van der Waals surface area contributed by atoms with E-state index in [9.17, 15) is 14.7 Å². The van der Waals surface area contributed by atoms with Gasteiger partial charge in [0.2, 0.25) is 5.88 Å². The number of nitrogens with zero attached hydrogens (tertiary/aromatic N) is 2. The molecule has 0 radical (unpaired) electrons. The lowest BCUT2D eigenvalue weighted by atomic mass is 9.78. The van der Waals surface area contributed by atoms with Crippen LogP contribution in [-0.2, 0) is 25.3 Å². The number of carbonyl (C=O) groups is 2. The topological polar surface area (TPSA) is 117 Å². The van der Waals surface area contributed by atoms with E-state index in [0.717, 1.165) is 29.7 Å². The van der Waals surface area contributed by atoms with Crippen molar-refractivity contribution >= 4 is 24.5 Å². The second-order valence-electron chi connectivity index (χ2n) is 11.3. The molecule has 1 unspecified atom stereocenters. The Morgan fingerprint density at radius 1 is 1.02 bits per heavy atom. The zero-order valence-corrected chi connectivity index (χ0v) is 24.3. The molecule has 5 rings (SSSR count). The van der Waals surface area contributed by atoms with Crippen LogP contribution in [0.4, 0.5) is 0 Å². The molecule has 3 aromatic rings. The van der Waals surface area contributed by atoms with Crippen molar-refractivity contribution in [2.75, 3.05) is 26.7 Å². The van der Waals surface area contributed by atoms with Gasteiger partial charge in [-0.2, -0.15) is 0 Å².